The average Bonchev–Trinajstić information content (AvgIpc) is 2.53. The molecule has 1 atom stereocenters. The van der Waals surface area contributed by atoms with E-state index in [0.29, 0.717) is 32.0 Å². The van der Waals surface area contributed by atoms with Crippen LogP contribution in [0.25, 0.3) is 0 Å². The van der Waals surface area contributed by atoms with Gasteiger partial charge in [-0.15, -0.1) is 0 Å². The van der Waals surface area contributed by atoms with E-state index in [1.54, 1.807) is 29.0 Å². The van der Waals surface area contributed by atoms with E-state index in [1.165, 1.54) is 0 Å². The highest BCUT2D eigenvalue weighted by molar-refractivity contribution is 5.77. The zero-order chi connectivity index (χ0) is 16.7. The number of hydrogen-bond donors (Lipinski definition) is 1. The van der Waals surface area contributed by atoms with E-state index in [-0.39, 0.29) is 25.2 Å². The number of carbonyl (C=O) groups excluding carboxylic acids is 1. The molecule has 7 heteroatoms. The van der Waals surface area contributed by atoms with Gasteiger partial charge in [-0.05, 0) is 19.2 Å². The fourth-order valence-electron chi connectivity index (χ4n) is 2.45. The molecule has 1 aromatic carbocycles. The van der Waals surface area contributed by atoms with Crippen LogP contribution in [0.1, 0.15) is 0 Å². The molecule has 1 aliphatic heterocycles. The minimum absolute atomic E-state index is 0.0122. The minimum Gasteiger partial charge on any atom is -0.484 e. The molecule has 2 rings (SSSR count). The van der Waals surface area contributed by atoms with Crippen LogP contribution in [0.15, 0.2) is 30.3 Å². The number of nitrogens with zero attached hydrogens (tertiary/aromatic N) is 2. The van der Waals surface area contributed by atoms with Gasteiger partial charge in [-0.25, -0.2) is 0 Å². The Kier molecular flexibility index (Phi) is 6.37. The van der Waals surface area contributed by atoms with Crippen molar-refractivity contribution in [1.29, 1.82) is 0 Å². The van der Waals surface area contributed by atoms with Crippen molar-refractivity contribution in [1.82, 2.24) is 9.80 Å². The van der Waals surface area contributed by atoms with Crippen LogP contribution in [-0.2, 0) is 14.3 Å². The summed E-state index contributed by atoms with van der Waals surface area (Å²) in [5.41, 5.74) is 0. The van der Waals surface area contributed by atoms with Gasteiger partial charge in [0.1, 0.15) is 5.75 Å². The Morgan fingerprint density at radius 2 is 2.13 bits per heavy atom. The fourth-order valence-corrected chi connectivity index (χ4v) is 2.45. The molecule has 1 unspecified atom stereocenters. The maximum Gasteiger partial charge on any atom is 0.317 e. The van der Waals surface area contributed by atoms with Crippen LogP contribution in [0.5, 0.6) is 5.75 Å². The van der Waals surface area contributed by atoms with Crippen LogP contribution >= 0.6 is 0 Å². The lowest BCUT2D eigenvalue weighted by atomic mass is 10.2. The van der Waals surface area contributed by atoms with Crippen LogP contribution < -0.4 is 4.74 Å². The number of aliphatic carboxylic acids is 1. The number of carbonyl (C=O) groups is 2. The molecule has 1 aliphatic rings. The van der Waals surface area contributed by atoms with Crippen molar-refractivity contribution < 1.29 is 24.2 Å². The zero-order valence-electron chi connectivity index (χ0n) is 13.2. The summed E-state index contributed by atoms with van der Waals surface area (Å²) >= 11 is 0. The maximum absolute atomic E-state index is 12.2. The number of rotatable bonds is 7. The second-order valence-electron chi connectivity index (χ2n) is 5.52. The lowest BCUT2D eigenvalue weighted by Gasteiger charge is -2.34. The average molecular weight is 322 g/mol. The number of para-hydroxylation sites is 1. The van der Waals surface area contributed by atoms with Gasteiger partial charge in [0.05, 0.1) is 19.3 Å². The molecule has 1 heterocycles. The van der Waals surface area contributed by atoms with Gasteiger partial charge in [0.25, 0.3) is 5.91 Å². The summed E-state index contributed by atoms with van der Waals surface area (Å²) in [4.78, 5) is 26.3. The Hall–Kier alpha value is -2.12. The van der Waals surface area contributed by atoms with Crippen molar-refractivity contribution in [2.75, 3.05) is 46.4 Å². The molecule has 0 aliphatic carbocycles. The van der Waals surface area contributed by atoms with Gasteiger partial charge >= 0.3 is 5.97 Å². The Labute approximate surface area is 135 Å². The van der Waals surface area contributed by atoms with E-state index in [2.05, 4.69) is 0 Å². The van der Waals surface area contributed by atoms with Crippen molar-refractivity contribution >= 4 is 11.9 Å². The van der Waals surface area contributed by atoms with E-state index in [0.717, 1.165) is 0 Å². The summed E-state index contributed by atoms with van der Waals surface area (Å²) in [6.45, 7) is 1.82. The van der Waals surface area contributed by atoms with Gasteiger partial charge in [-0.1, -0.05) is 18.2 Å². The highest BCUT2D eigenvalue weighted by Gasteiger charge is 2.25. The number of benzene rings is 1. The van der Waals surface area contributed by atoms with Crippen LogP contribution in [0.4, 0.5) is 0 Å². The summed E-state index contributed by atoms with van der Waals surface area (Å²) in [7, 11) is 1.72. The molecule has 0 spiro atoms. The molecule has 1 amide bonds. The first kappa shape index (κ1) is 17.2. The number of carboxylic acids is 1. The van der Waals surface area contributed by atoms with Crippen molar-refractivity contribution in [3.05, 3.63) is 30.3 Å². The highest BCUT2D eigenvalue weighted by atomic mass is 16.5. The van der Waals surface area contributed by atoms with E-state index in [4.69, 9.17) is 14.6 Å². The largest absolute Gasteiger partial charge is 0.484 e. The Bertz CT molecular complexity index is 522. The standard InChI is InChI=1S/C16H22N2O5/c1-17(11-16(20)21)9-14-10-18(7-8-22-14)15(19)12-23-13-5-3-2-4-6-13/h2-6,14H,7-12H2,1H3,(H,20,21). The van der Waals surface area contributed by atoms with Gasteiger partial charge in [-0.2, -0.15) is 0 Å². The smallest absolute Gasteiger partial charge is 0.317 e. The lowest BCUT2D eigenvalue weighted by molar-refractivity contribution is -0.143. The number of amides is 1. The van der Waals surface area contributed by atoms with Crippen LogP contribution in [0, 0.1) is 0 Å². The third kappa shape index (κ3) is 5.88. The SMILES string of the molecule is CN(CC(=O)O)CC1CN(C(=O)COc2ccccc2)CCO1. The molecule has 0 radical (unpaired) electrons. The number of carboxylic acid groups (broad SMARTS) is 1. The molecule has 1 N–H and O–H groups in total. The number of hydrogen-bond acceptors (Lipinski definition) is 5. The molecule has 7 nitrogen and oxygen atoms in total. The number of likely N-dealkylation sites (N-methyl/N-ethyl adjacent to an activating group) is 1. The zero-order valence-corrected chi connectivity index (χ0v) is 13.2. The van der Waals surface area contributed by atoms with Crippen LogP contribution in [0.3, 0.4) is 0 Å². The highest BCUT2D eigenvalue weighted by Crippen LogP contribution is 2.10. The Balaban J connectivity index is 1.78. The Morgan fingerprint density at radius 1 is 1.39 bits per heavy atom. The number of ether oxygens (including phenoxy) is 2. The first-order valence-corrected chi connectivity index (χ1v) is 7.52. The number of morpholine rings is 1. The van der Waals surface area contributed by atoms with Crippen molar-refractivity contribution in [2.24, 2.45) is 0 Å². The molecule has 0 aromatic heterocycles. The first-order valence-electron chi connectivity index (χ1n) is 7.52. The summed E-state index contributed by atoms with van der Waals surface area (Å²) < 4.78 is 11.1. The van der Waals surface area contributed by atoms with Gasteiger partial charge in [0.15, 0.2) is 6.61 Å². The van der Waals surface area contributed by atoms with Gasteiger partial charge < -0.3 is 19.5 Å². The second kappa shape index (κ2) is 8.50. The molecular formula is C16H22N2O5. The molecular weight excluding hydrogens is 300 g/mol. The van der Waals surface area contributed by atoms with Gasteiger partial charge in [0, 0.05) is 19.6 Å². The fraction of sp³-hybridized carbons (Fsp3) is 0.500. The minimum atomic E-state index is -0.882. The predicted octanol–water partition coefficient (Wildman–Crippen LogP) is 0.309. The van der Waals surface area contributed by atoms with E-state index >= 15 is 0 Å². The Morgan fingerprint density at radius 3 is 2.83 bits per heavy atom. The summed E-state index contributed by atoms with van der Waals surface area (Å²) in [5, 5.41) is 8.77. The van der Waals surface area contributed by atoms with Crippen molar-refractivity contribution in [3.8, 4) is 5.75 Å². The third-order valence-corrected chi connectivity index (χ3v) is 3.52. The quantitative estimate of drug-likeness (QED) is 0.778. The predicted molar refractivity (Wildman–Crippen MR) is 83.4 cm³/mol. The molecule has 23 heavy (non-hydrogen) atoms. The summed E-state index contributed by atoms with van der Waals surface area (Å²) in [6.07, 6.45) is -0.186. The summed E-state index contributed by atoms with van der Waals surface area (Å²) in [6, 6.07) is 9.19. The first-order chi connectivity index (χ1) is 11.0. The molecule has 0 saturated carbocycles. The molecule has 1 saturated heterocycles. The molecule has 1 fully saturated rings. The van der Waals surface area contributed by atoms with Gasteiger partial charge in [0.2, 0.25) is 0 Å². The van der Waals surface area contributed by atoms with Crippen LogP contribution in [-0.4, -0.2) is 79.3 Å². The van der Waals surface area contributed by atoms with E-state index in [9.17, 15) is 9.59 Å². The second-order valence-corrected chi connectivity index (χ2v) is 5.52. The normalized spacial score (nSPS) is 18.0. The van der Waals surface area contributed by atoms with Crippen LogP contribution in [0.2, 0.25) is 0 Å². The topological polar surface area (TPSA) is 79.3 Å². The monoisotopic (exact) mass is 322 g/mol. The maximum atomic E-state index is 12.2. The molecule has 0 bridgehead atoms. The molecule has 126 valence electrons. The summed E-state index contributed by atoms with van der Waals surface area (Å²) in [5.74, 6) is -0.317. The van der Waals surface area contributed by atoms with E-state index in [1.807, 2.05) is 18.2 Å². The van der Waals surface area contributed by atoms with E-state index < -0.39 is 5.97 Å². The van der Waals surface area contributed by atoms with Gasteiger partial charge in [-0.3, -0.25) is 14.5 Å². The van der Waals surface area contributed by atoms with Crippen molar-refractivity contribution in [3.63, 3.8) is 0 Å². The molecule has 1 aromatic rings. The van der Waals surface area contributed by atoms with Crippen molar-refractivity contribution in [2.45, 2.75) is 6.10 Å². The third-order valence-electron chi connectivity index (χ3n) is 3.52. The lowest BCUT2D eigenvalue weighted by Crippen LogP contribution is -2.50.